The van der Waals surface area contributed by atoms with E-state index in [2.05, 4.69) is 40.7 Å². The highest BCUT2D eigenvalue weighted by Gasteiger charge is 2.70. The molecule has 4 saturated carbocycles. The Labute approximate surface area is 391 Å². The number of aliphatic carboxylic acids is 2. The fourth-order valence-corrected chi connectivity index (χ4v) is 15.1. The van der Waals surface area contributed by atoms with Crippen molar-refractivity contribution in [2.24, 2.45) is 50.2 Å². The zero-order valence-electron chi connectivity index (χ0n) is 39.7. The largest absolute Gasteiger partial charge is 0.481 e. The molecule has 0 radical (unpaired) electrons. The van der Waals surface area contributed by atoms with Gasteiger partial charge in [0.2, 0.25) is 0 Å². The first kappa shape index (κ1) is 51.4. The summed E-state index contributed by atoms with van der Waals surface area (Å²) in [5, 5.41) is 118. The molecule has 8 aliphatic rings. The molecule has 11 N–H and O–H groups in total. The Bertz CT molecular complexity index is 1880. The van der Waals surface area contributed by atoms with Gasteiger partial charge in [0.1, 0.15) is 67.1 Å². The summed E-state index contributed by atoms with van der Waals surface area (Å²) < 4.78 is 36.7. The van der Waals surface area contributed by atoms with Gasteiger partial charge in [0.15, 0.2) is 18.9 Å². The van der Waals surface area contributed by atoms with Gasteiger partial charge in [-0.3, -0.25) is 9.59 Å². The third kappa shape index (κ3) is 7.88. The molecule has 19 heteroatoms. The maximum Gasteiger partial charge on any atom is 0.310 e. The number of allylic oxidation sites excluding steroid dienone is 2. The Morgan fingerprint density at radius 2 is 1.19 bits per heavy atom. The van der Waals surface area contributed by atoms with Crippen LogP contribution in [0.5, 0.6) is 0 Å². The Kier molecular flexibility index (Phi) is 13.8. The van der Waals surface area contributed by atoms with Gasteiger partial charge in [-0.15, -0.1) is 0 Å². The van der Waals surface area contributed by atoms with Gasteiger partial charge in [-0.2, -0.15) is 0 Å². The van der Waals surface area contributed by atoms with E-state index >= 15 is 0 Å². The first-order chi connectivity index (χ1) is 31.3. The summed E-state index contributed by atoms with van der Waals surface area (Å²) in [6.45, 7) is 13.0. The average Bonchev–Trinajstić information content (AvgIpc) is 3.27. The Hall–Kier alpha value is -1.92. The Morgan fingerprint density at radius 3 is 1.76 bits per heavy atom. The van der Waals surface area contributed by atoms with Crippen LogP contribution >= 0.6 is 0 Å². The lowest BCUT2D eigenvalue weighted by Crippen LogP contribution is -2.67. The van der Waals surface area contributed by atoms with Crippen LogP contribution in [0.15, 0.2) is 11.6 Å². The highest BCUT2D eigenvalue weighted by atomic mass is 16.8. The number of ether oxygens (including phenoxy) is 6. The highest BCUT2D eigenvalue weighted by molar-refractivity contribution is 5.79. The number of rotatable bonds is 10. The second-order valence-electron chi connectivity index (χ2n) is 23.2. The van der Waals surface area contributed by atoms with Crippen LogP contribution in [0.3, 0.4) is 0 Å². The first-order valence-corrected chi connectivity index (χ1v) is 24.3. The topological polar surface area (TPSA) is 312 Å². The molecule has 5 aliphatic carbocycles. The molecule has 67 heavy (non-hydrogen) atoms. The second kappa shape index (κ2) is 18.0. The number of aliphatic hydroxyl groups is 9. The number of carbonyl (C=O) groups is 2. The standard InChI is InChI=1S/C48H76O19/c1-21-29(51)32(54)35(57)38(62-21)66-37-34(56)31(53)25(20-50)64-40(37)67-36-33(55)30(52)24(19-49)63-39(36)65-28-11-12-45(5)26(43(28,2)3)10-13-47(7)27(45)9-8-22-23-18-44(4,41(58)59)14-16-48(23,42(60)61)17-15-46(22,47)6/h8,21,23-40,49-57H,9-20H2,1-7H3,(H,58,59)(H,60,61)/t21-,23-,24-,25-,26+,27-,28+,29-,30-,31-,32+,33+,34+,35-,36-,37-,38+,39+,40+,44+,45+,46-,47-,48-/m0/s1. The molecular formula is C48H76O19. The van der Waals surface area contributed by atoms with Crippen molar-refractivity contribution in [2.45, 2.75) is 211 Å². The van der Waals surface area contributed by atoms with Crippen LogP contribution < -0.4 is 0 Å². The van der Waals surface area contributed by atoms with E-state index in [1.807, 2.05) is 0 Å². The normalized spacial score (nSPS) is 54.1. The zero-order valence-corrected chi connectivity index (χ0v) is 39.7. The molecule has 8 rings (SSSR count). The van der Waals surface area contributed by atoms with E-state index in [1.165, 1.54) is 6.92 Å². The summed E-state index contributed by atoms with van der Waals surface area (Å²) >= 11 is 0. The van der Waals surface area contributed by atoms with Gasteiger partial charge in [-0.1, -0.05) is 46.3 Å². The predicted octanol–water partition coefficient (Wildman–Crippen LogP) is 0.799. The lowest BCUT2D eigenvalue weighted by molar-refractivity contribution is -0.397. The molecule has 382 valence electrons. The average molecular weight is 957 g/mol. The summed E-state index contributed by atoms with van der Waals surface area (Å²) in [5.74, 6) is -1.83. The molecule has 0 spiro atoms. The van der Waals surface area contributed by atoms with E-state index in [9.17, 15) is 65.8 Å². The predicted molar refractivity (Wildman–Crippen MR) is 231 cm³/mol. The van der Waals surface area contributed by atoms with Gasteiger partial charge in [0.05, 0.1) is 36.3 Å². The third-order valence-corrected chi connectivity index (χ3v) is 19.6. The number of hydrogen-bond donors (Lipinski definition) is 11. The Morgan fingerprint density at radius 1 is 0.627 bits per heavy atom. The van der Waals surface area contributed by atoms with Crippen molar-refractivity contribution in [2.75, 3.05) is 13.2 Å². The monoisotopic (exact) mass is 956 g/mol. The van der Waals surface area contributed by atoms with Crippen molar-refractivity contribution in [1.29, 1.82) is 0 Å². The van der Waals surface area contributed by atoms with Crippen molar-refractivity contribution in [1.82, 2.24) is 0 Å². The minimum atomic E-state index is -1.86. The number of carboxylic acid groups (broad SMARTS) is 2. The van der Waals surface area contributed by atoms with Crippen LogP contribution in [-0.2, 0) is 38.0 Å². The molecule has 7 fully saturated rings. The molecule has 3 saturated heterocycles. The quantitative estimate of drug-likeness (QED) is 0.107. The van der Waals surface area contributed by atoms with Gasteiger partial charge in [-0.25, -0.2) is 0 Å². The molecule has 24 atom stereocenters. The van der Waals surface area contributed by atoms with E-state index in [4.69, 9.17) is 28.4 Å². The van der Waals surface area contributed by atoms with Crippen LogP contribution in [0, 0.1) is 50.2 Å². The van der Waals surface area contributed by atoms with E-state index in [-0.39, 0.29) is 40.4 Å². The lowest BCUT2D eigenvalue weighted by Gasteiger charge is -2.71. The summed E-state index contributed by atoms with van der Waals surface area (Å²) in [6, 6.07) is 0. The summed E-state index contributed by atoms with van der Waals surface area (Å²) in [7, 11) is 0. The zero-order chi connectivity index (χ0) is 49.1. The molecule has 0 aromatic rings. The molecule has 3 aliphatic heterocycles. The molecule has 0 aromatic heterocycles. The molecule has 0 aromatic carbocycles. The number of aliphatic hydroxyl groups excluding tert-OH is 9. The highest BCUT2D eigenvalue weighted by Crippen LogP contribution is 2.76. The SMILES string of the molecule is C[C@@H]1O[C@H](O[C@@H]2[C@@H](O[C@@H]3[C@@H](O[C@@H]4CC[C@]5(C)[C@H](CC[C@@]6(C)[C@H]5CC=C5[C@@H]7C[C@](C)(C(=O)O)CC[C@]7(C(=O)O)CC[C@@]56C)C4(C)C)O[C@@H](CO)[C@H](O)[C@H]3O)O[C@@H](CO)[C@H](O)[C@H]2O)[C@@H](O)[C@H](O)[C@H]1O. The van der Waals surface area contributed by atoms with Crippen LogP contribution in [0.4, 0.5) is 0 Å². The minimum absolute atomic E-state index is 0.0914. The third-order valence-electron chi connectivity index (χ3n) is 19.6. The summed E-state index contributed by atoms with van der Waals surface area (Å²) in [4.78, 5) is 25.8. The fourth-order valence-electron chi connectivity index (χ4n) is 15.1. The fraction of sp³-hybridized carbons (Fsp3) is 0.917. The molecular weight excluding hydrogens is 881 g/mol. The summed E-state index contributed by atoms with van der Waals surface area (Å²) in [6.07, 6.45) is -16.6. The molecule has 0 amide bonds. The smallest absolute Gasteiger partial charge is 0.310 e. The van der Waals surface area contributed by atoms with E-state index < -0.39 is 140 Å². The van der Waals surface area contributed by atoms with Crippen molar-refractivity contribution in [3.63, 3.8) is 0 Å². The van der Waals surface area contributed by atoms with Crippen molar-refractivity contribution >= 4 is 11.9 Å². The second-order valence-corrected chi connectivity index (χ2v) is 23.2. The van der Waals surface area contributed by atoms with Gasteiger partial charge in [0.25, 0.3) is 0 Å². The van der Waals surface area contributed by atoms with E-state index in [1.54, 1.807) is 6.92 Å². The first-order valence-electron chi connectivity index (χ1n) is 24.3. The van der Waals surface area contributed by atoms with E-state index in [0.717, 1.165) is 31.3 Å². The minimum Gasteiger partial charge on any atom is -0.481 e. The van der Waals surface area contributed by atoms with Crippen molar-refractivity contribution < 1.29 is 94.2 Å². The van der Waals surface area contributed by atoms with Gasteiger partial charge in [-0.05, 0) is 117 Å². The van der Waals surface area contributed by atoms with Gasteiger partial charge in [0, 0.05) is 0 Å². The van der Waals surface area contributed by atoms with E-state index in [0.29, 0.717) is 32.1 Å². The Balaban J connectivity index is 1.06. The molecule has 0 unspecified atom stereocenters. The molecule has 0 bridgehead atoms. The van der Waals surface area contributed by atoms with Gasteiger partial charge >= 0.3 is 11.9 Å². The van der Waals surface area contributed by atoms with Gasteiger partial charge < -0.3 is 84.6 Å². The number of carboxylic acids is 2. The number of fused-ring (bicyclic) bond motifs is 7. The van der Waals surface area contributed by atoms with Crippen LogP contribution in [0.2, 0.25) is 0 Å². The van der Waals surface area contributed by atoms with Crippen LogP contribution in [0.1, 0.15) is 113 Å². The maximum absolute atomic E-state index is 13.2. The van der Waals surface area contributed by atoms with Crippen LogP contribution in [0.25, 0.3) is 0 Å². The maximum atomic E-state index is 13.2. The van der Waals surface area contributed by atoms with Crippen LogP contribution in [-0.4, -0.2) is 180 Å². The molecule has 19 nitrogen and oxygen atoms in total. The van der Waals surface area contributed by atoms with Crippen molar-refractivity contribution in [3.8, 4) is 0 Å². The summed E-state index contributed by atoms with van der Waals surface area (Å²) in [5.41, 5.74) is -2.27. The van der Waals surface area contributed by atoms with Crippen molar-refractivity contribution in [3.05, 3.63) is 11.6 Å². The number of hydrogen-bond acceptors (Lipinski definition) is 17. The molecule has 3 heterocycles. The lowest BCUT2D eigenvalue weighted by atomic mass is 9.33.